The Bertz CT molecular complexity index is 396. The predicted octanol–water partition coefficient (Wildman–Crippen LogP) is 2.22. The zero-order valence-corrected chi connectivity index (χ0v) is 11.1. The summed E-state index contributed by atoms with van der Waals surface area (Å²) in [7, 11) is 1.36. The number of thioether (sulfide) groups is 1. The molecule has 0 fully saturated rings. The maximum absolute atomic E-state index is 11.6. The Morgan fingerprint density at radius 2 is 2.29 bits per heavy atom. The Balaban J connectivity index is 2.92. The lowest BCUT2D eigenvalue weighted by molar-refractivity contribution is 0.0602. The van der Waals surface area contributed by atoms with Crippen LogP contribution in [0.2, 0.25) is 0 Å². The number of methoxy groups -OCH3 is 1. The van der Waals surface area contributed by atoms with E-state index in [1.165, 1.54) is 7.11 Å². The highest BCUT2D eigenvalue weighted by Crippen LogP contribution is 2.24. The van der Waals surface area contributed by atoms with E-state index in [1.807, 2.05) is 6.26 Å². The fourth-order valence-electron chi connectivity index (χ4n) is 1.38. The summed E-state index contributed by atoms with van der Waals surface area (Å²) in [5.74, 6) is -0.378. The van der Waals surface area contributed by atoms with Crippen LogP contribution in [0.25, 0.3) is 0 Å². The van der Waals surface area contributed by atoms with Crippen molar-refractivity contribution in [3.63, 3.8) is 0 Å². The van der Waals surface area contributed by atoms with Gasteiger partial charge in [0.25, 0.3) is 0 Å². The summed E-state index contributed by atoms with van der Waals surface area (Å²) >= 11 is 1.75. The monoisotopic (exact) mass is 254 g/mol. The minimum atomic E-state index is -0.378. The number of nitrogens with two attached hydrogens (primary N) is 1. The molecule has 0 aliphatic carbocycles. The van der Waals surface area contributed by atoms with E-state index >= 15 is 0 Å². The lowest BCUT2D eigenvalue weighted by Gasteiger charge is -2.15. The molecule has 94 valence electrons. The van der Waals surface area contributed by atoms with Crippen molar-refractivity contribution in [3.8, 4) is 0 Å². The fraction of sp³-hybridized carbons (Fsp3) is 0.417. The number of para-hydroxylation sites is 1. The van der Waals surface area contributed by atoms with Gasteiger partial charge in [-0.25, -0.2) is 4.79 Å². The topological polar surface area (TPSA) is 64.3 Å². The average molecular weight is 254 g/mol. The molecule has 1 aromatic carbocycles. The Morgan fingerprint density at radius 3 is 2.88 bits per heavy atom. The van der Waals surface area contributed by atoms with Crippen molar-refractivity contribution in [2.24, 2.45) is 0 Å². The summed E-state index contributed by atoms with van der Waals surface area (Å²) in [6, 6.07) is 5.21. The molecule has 0 aliphatic heterocycles. The molecule has 0 bridgehead atoms. The number of carbonyl (C=O) groups is 1. The molecular formula is C12H18N2O2S. The van der Waals surface area contributed by atoms with Crippen LogP contribution in [0, 0.1) is 0 Å². The van der Waals surface area contributed by atoms with Crippen molar-refractivity contribution in [1.29, 1.82) is 0 Å². The number of benzene rings is 1. The molecule has 1 atom stereocenters. The van der Waals surface area contributed by atoms with Crippen molar-refractivity contribution in [3.05, 3.63) is 23.8 Å². The number of rotatable bonds is 5. The second kappa shape index (κ2) is 6.39. The first-order chi connectivity index (χ1) is 8.10. The Hall–Kier alpha value is -1.36. The van der Waals surface area contributed by atoms with Crippen LogP contribution >= 0.6 is 11.8 Å². The van der Waals surface area contributed by atoms with Crippen LogP contribution in [-0.4, -0.2) is 31.1 Å². The van der Waals surface area contributed by atoms with Crippen molar-refractivity contribution >= 4 is 29.1 Å². The quantitative estimate of drug-likeness (QED) is 0.623. The predicted molar refractivity (Wildman–Crippen MR) is 73.7 cm³/mol. The molecule has 17 heavy (non-hydrogen) atoms. The third kappa shape index (κ3) is 3.56. The first kappa shape index (κ1) is 13.7. The van der Waals surface area contributed by atoms with Gasteiger partial charge in [0.15, 0.2) is 0 Å². The average Bonchev–Trinajstić information content (AvgIpc) is 2.35. The molecule has 0 spiro atoms. The molecule has 1 rings (SSSR count). The van der Waals surface area contributed by atoms with Gasteiger partial charge in [-0.15, -0.1) is 0 Å². The minimum absolute atomic E-state index is 0.378. The van der Waals surface area contributed by atoms with Crippen molar-refractivity contribution in [2.45, 2.75) is 12.2 Å². The molecule has 4 nitrogen and oxygen atoms in total. The number of nitrogen functional groups attached to an aromatic ring is 1. The second-order valence-corrected chi connectivity index (χ2v) is 4.96. The van der Waals surface area contributed by atoms with Crippen LogP contribution in [0.4, 0.5) is 11.4 Å². The first-order valence-corrected chi connectivity index (χ1v) is 6.62. The molecule has 1 aromatic rings. The lowest BCUT2D eigenvalue weighted by Crippen LogP contribution is -2.16. The van der Waals surface area contributed by atoms with Crippen LogP contribution in [0.5, 0.6) is 0 Å². The number of esters is 1. The number of hydrogen-bond acceptors (Lipinski definition) is 5. The van der Waals surface area contributed by atoms with E-state index in [2.05, 4.69) is 12.2 Å². The summed E-state index contributed by atoms with van der Waals surface area (Å²) < 4.78 is 4.73. The molecule has 0 amide bonds. The first-order valence-electron chi connectivity index (χ1n) is 5.33. The highest BCUT2D eigenvalue weighted by Gasteiger charge is 2.14. The third-order valence-electron chi connectivity index (χ3n) is 2.47. The van der Waals surface area contributed by atoms with Gasteiger partial charge in [0, 0.05) is 11.8 Å². The molecule has 0 aliphatic rings. The van der Waals surface area contributed by atoms with Gasteiger partial charge in [0.05, 0.1) is 24.0 Å². The van der Waals surface area contributed by atoms with Crippen LogP contribution in [0.3, 0.4) is 0 Å². The van der Waals surface area contributed by atoms with Crippen LogP contribution in [0.15, 0.2) is 18.2 Å². The van der Waals surface area contributed by atoms with Gasteiger partial charge in [0.1, 0.15) is 0 Å². The van der Waals surface area contributed by atoms with Crippen molar-refractivity contribution in [2.75, 3.05) is 31.0 Å². The number of hydrogen-bond donors (Lipinski definition) is 2. The normalized spacial score (nSPS) is 11.9. The highest BCUT2D eigenvalue weighted by molar-refractivity contribution is 7.99. The smallest absolute Gasteiger partial charge is 0.340 e. The number of anilines is 2. The van der Waals surface area contributed by atoms with Gasteiger partial charge >= 0.3 is 5.97 Å². The molecule has 3 N–H and O–H groups in total. The molecule has 5 heteroatoms. The number of nitrogens with one attached hydrogen (secondary N) is 1. The highest BCUT2D eigenvalue weighted by atomic mass is 32.2. The summed E-state index contributed by atoms with van der Waals surface area (Å²) in [5.41, 5.74) is 7.55. The molecule has 1 unspecified atom stereocenters. The van der Waals surface area contributed by atoms with E-state index in [0.717, 1.165) is 6.54 Å². The molecular weight excluding hydrogens is 236 g/mol. The van der Waals surface area contributed by atoms with Gasteiger partial charge in [-0.05, 0) is 18.4 Å². The van der Waals surface area contributed by atoms with Gasteiger partial charge in [-0.1, -0.05) is 13.0 Å². The van der Waals surface area contributed by atoms with Crippen LogP contribution in [0.1, 0.15) is 17.3 Å². The largest absolute Gasteiger partial charge is 0.465 e. The minimum Gasteiger partial charge on any atom is -0.465 e. The van der Waals surface area contributed by atoms with E-state index in [1.54, 1.807) is 30.0 Å². The molecule has 0 radical (unpaired) electrons. The zero-order chi connectivity index (χ0) is 12.8. The van der Waals surface area contributed by atoms with E-state index in [0.29, 0.717) is 22.2 Å². The molecule has 0 saturated heterocycles. The summed E-state index contributed by atoms with van der Waals surface area (Å²) in [6.07, 6.45) is 2.04. The lowest BCUT2D eigenvalue weighted by atomic mass is 10.1. The summed E-state index contributed by atoms with van der Waals surface area (Å²) in [5, 5.41) is 3.65. The Morgan fingerprint density at radius 1 is 1.59 bits per heavy atom. The summed E-state index contributed by atoms with van der Waals surface area (Å²) in [6.45, 7) is 2.86. The maximum atomic E-state index is 11.6. The Labute approximate surface area is 106 Å². The van der Waals surface area contributed by atoms with Gasteiger partial charge in [-0.3, -0.25) is 0 Å². The van der Waals surface area contributed by atoms with Gasteiger partial charge in [0.2, 0.25) is 0 Å². The fourth-order valence-corrected chi connectivity index (χ4v) is 1.63. The number of ether oxygens (including phenoxy) is 1. The zero-order valence-electron chi connectivity index (χ0n) is 10.3. The molecule has 0 saturated carbocycles. The van der Waals surface area contributed by atoms with E-state index < -0.39 is 0 Å². The third-order valence-corrected chi connectivity index (χ3v) is 3.44. The molecule has 0 aromatic heterocycles. The van der Waals surface area contributed by atoms with E-state index in [-0.39, 0.29) is 5.97 Å². The Kier molecular flexibility index (Phi) is 5.15. The standard InChI is InChI=1S/C12H18N2O2S/c1-8(17-3)7-14-11-9(12(15)16-2)5-4-6-10(11)13/h4-6,8,14H,7,13H2,1-3H3. The number of carbonyl (C=O) groups excluding carboxylic acids is 1. The van der Waals surface area contributed by atoms with Crippen LogP contribution < -0.4 is 11.1 Å². The SMILES string of the molecule is COC(=O)c1cccc(N)c1NCC(C)SC. The molecule has 0 heterocycles. The van der Waals surface area contributed by atoms with Gasteiger partial charge < -0.3 is 15.8 Å². The van der Waals surface area contributed by atoms with Crippen LogP contribution in [-0.2, 0) is 4.74 Å². The van der Waals surface area contributed by atoms with E-state index in [9.17, 15) is 4.79 Å². The second-order valence-electron chi connectivity index (χ2n) is 3.69. The maximum Gasteiger partial charge on any atom is 0.340 e. The van der Waals surface area contributed by atoms with Crippen molar-refractivity contribution < 1.29 is 9.53 Å². The summed E-state index contributed by atoms with van der Waals surface area (Å²) in [4.78, 5) is 11.6. The van der Waals surface area contributed by atoms with E-state index in [4.69, 9.17) is 10.5 Å². The van der Waals surface area contributed by atoms with Crippen molar-refractivity contribution in [1.82, 2.24) is 0 Å². The van der Waals surface area contributed by atoms with Gasteiger partial charge in [-0.2, -0.15) is 11.8 Å².